The fraction of sp³-hybridized carbons (Fsp3) is 0. The molecule has 0 unspecified atom stereocenters. The molecule has 0 bridgehead atoms. The van der Waals surface area contributed by atoms with E-state index in [4.69, 9.17) is 33.7 Å². The fourth-order valence-electron chi connectivity index (χ4n) is 0.816. The lowest BCUT2D eigenvalue weighted by molar-refractivity contribution is 1.33. The maximum Gasteiger partial charge on any atom is 0.237 e. The zero-order valence-electron chi connectivity index (χ0n) is 7.63. The summed E-state index contributed by atoms with van der Waals surface area (Å²) in [6.07, 6.45) is 0. The monoisotopic (exact) mass is 316 g/mol. The molecule has 0 saturated carbocycles. The smallest absolute Gasteiger partial charge is 0.237 e. The molecule has 0 aliphatic carbocycles. The normalized spacial score (nSPS) is 8.81. The van der Waals surface area contributed by atoms with Crippen LogP contribution in [0.25, 0.3) is 0 Å². The molecule has 7 heteroatoms. The van der Waals surface area contributed by atoms with Crippen LogP contribution in [0.5, 0.6) is 0 Å². The highest BCUT2D eigenvalue weighted by atomic mass is 79.9. The Morgan fingerprint density at radius 1 is 1.25 bits per heavy atom. The van der Waals surface area contributed by atoms with Gasteiger partial charge < -0.3 is 0 Å². The minimum absolute atomic E-state index is 0.282. The molecule has 80 valence electrons. The van der Waals surface area contributed by atoms with Gasteiger partial charge in [0.05, 0.1) is 20.2 Å². The van der Waals surface area contributed by atoms with Crippen LogP contribution in [0.15, 0.2) is 21.7 Å². The predicted octanol–water partition coefficient (Wildman–Crippen LogP) is 3.57. The second-order valence-corrected chi connectivity index (χ2v) is 4.16. The van der Waals surface area contributed by atoms with E-state index in [1.165, 1.54) is 0 Å². The molecule has 0 saturated heterocycles. The molecule has 0 aliphatic heterocycles. The highest BCUT2D eigenvalue weighted by Gasteiger charge is 2.05. The third-order valence-corrected chi connectivity index (χ3v) is 3.40. The topological polar surface area (TPSA) is 72.0 Å². The van der Waals surface area contributed by atoms with E-state index >= 15 is 0 Å². The van der Waals surface area contributed by atoms with E-state index in [-0.39, 0.29) is 5.71 Å². The molecule has 1 N–H and O–H groups in total. The molecule has 0 heterocycles. The van der Waals surface area contributed by atoms with Gasteiger partial charge in [0.2, 0.25) is 5.71 Å². The molecule has 1 rings (SSSR count). The van der Waals surface area contributed by atoms with Crippen LogP contribution in [0.2, 0.25) is 10.0 Å². The Balaban J connectivity index is 2.98. The Morgan fingerprint density at radius 3 is 2.19 bits per heavy atom. The van der Waals surface area contributed by atoms with Crippen molar-refractivity contribution < 1.29 is 0 Å². The van der Waals surface area contributed by atoms with Gasteiger partial charge in [-0.05, 0) is 28.1 Å². The third kappa shape index (κ3) is 3.11. The van der Waals surface area contributed by atoms with Crippen LogP contribution < -0.4 is 5.43 Å². The maximum atomic E-state index is 8.45. The van der Waals surface area contributed by atoms with E-state index < -0.39 is 0 Å². The van der Waals surface area contributed by atoms with E-state index in [0.29, 0.717) is 20.2 Å². The zero-order valence-corrected chi connectivity index (χ0v) is 10.7. The average Bonchev–Trinajstić information content (AvgIpc) is 2.27. The number of benzene rings is 1. The van der Waals surface area contributed by atoms with Gasteiger partial charge in [0.15, 0.2) is 0 Å². The van der Waals surface area contributed by atoms with Crippen LogP contribution in [0.4, 0.5) is 5.69 Å². The van der Waals surface area contributed by atoms with Gasteiger partial charge >= 0.3 is 0 Å². The van der Waals surface area contributed by atoms with E-state index in [2.05, 4.69) is 26.5 Å². The third-order valence-electron chi connectivity index (χ3n) is 1.49. The number of hydrogen-bond donors (Lipinski definition) is 1. The largest absolute Gasteiger partial charge is 0.276 e. The number of anilines is 1. The summed E-state index contributed by atoms with van der Waals surface area (Å²) in [7, 11) is 0. The van der Waals surface area contributed by atoms with E-state index in [0.717, 1.165) is 0 Å². The van der Waals surface area contributed by atoms with Gasteiger partial charge in [0, 0.05) is 0 Å². The summed E-state index contributed by atoms with van der Waals surface area (Å²) in [6, 6.07) is 6.35. The molecule has 0 fully saturated rings. The lowest BCUT2D eigenvalue weighted by atomic mass is 10.3. The van der Waals surface area contributed by atoms with E-state index in [1.807, 2.05) is 0 Å². The van der Waals surface area contributed by atoms with Gasteiger partial charge in [-0.2, -0.15) is 15.6 Å². The molecule has 0 atom stereocenters. The van der Waals surface area contributed by atoms with Crippen molar-refractivity contribution in [3.8, 4) is 12.1 Å². The van der Waals surface area contributed by atoms with Crippen molar-refractivity contribution in [2.45, 2.75) is 0 Å². The molecule has 0 radical (unpaired) electrons. The molecule has 4 nitrogen and oxygen atoms in total. The minimum atomic E-state index is -0.282. The maximum absolute atomic E-state index is 8.45. The van der Waals surface area contributed by atoms with Gasteiger partial charge in [0.1, 0.15) is 12.1 Å². The summed E-state index contributed by atoms with van der Waals surface area (Å²) >= 11 is 14.9. The van der Waals surface area contributed by atoms with Gasteiger partial charge in [-0.1, -0.05) is 23.2 Å². The van der Waals surface area contributed by atoms with Crippen molar-refractivity contribution >= 4 is 50.5 Å². The standard InChI is InChI=1S/C9H3BrCl2N4/c10-9-7(11)1-5(2-8(9)12)15-16-6(3-13)4-14/h1-2,15H. The zero-order chi connectivity index (χ0) is 12.1. The summed E-state index contributed by atoms with van der Waals surface area (Å²) in [5.41, 5.74) is 2.71. The highest BCUT2D eigenvalue weighted by molar-refractivity contribution is 9.10. The summed E-state index contributed by atoms with van der Waals surface area (Å²) in [5, 5.41) is 21.3. The first-order chi connectivity index (χ1) is 7.58. The van der Waals surface area contributed by atoms with Gasteiger partial charge in [-0.15, -0.1) is 0 Å². The Morgan fingerprint density at radius 2 is 1.75 bits per heavy atom. The second kappa shape index (κ2) is 5.72. The Bertz CT molecular complexity index is 488. The summed E-state index contributed by atoms with van der Waals surface area (Å²) in [4.78, 5) is 0. The Hall–Kier alpha value is -1.27. The second-order valence-electron chi connectivity index (χ2n) is 2.55. The van der Waals surface area contributed by atoms with E-state index in [1.54, 1.807) is 24.3 Å². The molecule has 1 aromatic rings. The van der Waals surface area contributed by atoms with Gasteiger partial charge in [-0.25, -0.2) is 0 Å². The van der Waals surface area contributed by atoms with Crippen molar-refractivity contribution in [3.63, 3.8) is 0 Å². The fourth-order valence-corrected chi connectivity index (χ4v) is 1.53. The Labute approximate surface area is 110 Å². The number of hydrazone groups is 1. The quantitative estimate of drug-likeness (QED) is 0.515. The predicted molar refractivity (Wildman–Crippen MR) is 66.4 cm³/mol. The van der Waals surface area contributed by atoms with Crippen LogP contribution in [0.3, 0.4) is 0 Å². The lowest BCUT2D eigenvalue weighted by Crippen LogP contribution is -1.96. The molecule has 0 amide bonds. The summed E-state index contributed by atoms with van der Waals surface area (Å²) < 4.78 is 0.575. The van der Waals surface area contributed by atoms with Crippen LogP contribution in [0.1, 0.15) is 0 Å². The molecular weight excluding hydrogens is 315 g/mol. The Kier molecular flexibility index (Phi) is 4.57. The SMILES string of the molecule is N#CC(C#N)=NNc1cc(Cl)c(Br)c(Cl)c1. The first-order valence-electron chi connectivity index (χ1n) is 3.87. The number of nitrogens with one attached hydrogen (secondary N) is 1. The minimum Gasteiger partial charge on any atom is -0.276 e. The molecule has 1 aromatic carbocycles. The van der Waals surface area contributed by atoms with Crippen molar-refractivity contribution in [1.29, 1.82) is 10.5 Å². The first-order valence-corrected chi connectivity index (χ1v) is 5.42. The van der Waals surface area contributed by atoms with Crippen molar-refractivity contribution in [2.24, 2.45) is 5.10 Å². The summed E-state index contributed by atoms with van der Waals surface area (Å²) in [6.45, 7) is 0. The number of nitrogens with zero attached hydrogens (tertiary/aromatic N) is 3. The van der Waals surface area contributed by atoms with Gasteiger partial charge in [0.25, 0.3) is 0 Å². The molecule has 16 heavy (non-hydrogen) atoms. The van der Waals surface area contributed by atoms with Crippen molar-refractivity contribution in [1.82, 2.24) is 0 Å². The van der Waals surface area contributed by atoms with Crippen molar-refractivity contribution in [2.75, 3.05) is 5.43 Å². The van der Waals surface area contributed by atoms with Crippen LogP contribution in [-0.4, -0.2) is 5.71 Å². The van der Waals surface area contributed by atoms with Crippen molar-refractivity contribution in [3.05, 3.63) is 26.7 Å². The number of rotatable bonds is 2. The molecule has 0 spiro atoms. The average molecular weight is 318 g/mol. The molecule has 0 aliphatic rings. The van der Waals surface area contributed by atoms with Gasteiger partial charge in [-0.3, -0.25) is 5.43 Å². The number of hydrogen-bond acceptors (Lipinski definition) is 4. The molecular formula is C9H3BrCl2N4. The number of nitriles is 2. The molecule has 0 aromatic heterocycles. The van der Waals surface area contributed by atoms with Crippen LogP contribution in [0, 0.1) is 22.7 Å². The van der Waals surface area contributed by atoms with Crippen LogP contribution in [-0.2, 0) is 0 Å². The highest BCUT2D eigenvalue weighted by Crippen LogP contribution is 2.33. The van der Waals surface area contributed by atoms with E-state index in [9.17, 15) is 0 Å². The van der Waals surface area contributed by atoms with Crippen LogP contribution >= 0.6 is 39.1 Å². The summed E-state index contributed by atoms with van der Waals surface area (Å²) in [5.74, 6) is 0. The number of halogens is 3. The lowest BCUT2D eigenvalue weighted by Gasteiger charge is -2.04. The first kappa shape index (κ1) is 12.8.